The summed E-state index contributed by atoms with van der Waals surface area (Å²) in [5.41, 5.74) is 0.864. The summed E-state index contributed by atoms with van der Waals surface area (Å²) in [5.74, 6) is 0.995. The van der Waals surface area contributed by atoms with Gasteiger partial charge in [-0.15, -0.1) is 0 Å². The highest BCUT2D eigenvalue weighted by atomic mass is 16.5. The minimum Gasteiger partial charge on any atom is -0.389 e. The van der Waals surface area contributed by atoms with Crippen LogP contribution >= 0.6 is 0 Å². The van der Waals surface area contributed by atoms with Crippen LogP contribution in [0.5, 0.6) is 0 Å². The van der Waals surface area contributed by atoms with E-state index in [1.165, 1.54) is 0 Å². The summed E-state index contributed by atoms with van der Waals surface area (Å²) in [6.45, 7) is 6.58. The number of aliphatic hydroxyl groups is 1. The number of anilines is 1. The van der Waals surface area contributed by atoms with Crippen LogP contribution in [0.3, 0.4) is 0 Å². The summed E-state index contributed by atoms with van der Waals surface area (Å²) < 4.78 is 5.64. The van der Waals surface area contributed by atoms with Crippen LogP contribution in [0.25, 0.3) is 0 Å². The van der Waals surface area contributed by atoms with Crippen LogP contribution in [0.2, 0.25) is 0 Å². The summed E-state index contributed by atoms with van der Waals surface area (Å²) in [7, 11) is 0. The van der Waals surface area contributed by atoms with Crippen LogP contribution in [0.1, 0.15) is 38.4 Å². The molecule has 0 amide bonds. The van der Waals surface area contributed by atoms with E-state index in [0.717, 1.165) is 43.9 Å². The average Bonchev–Trinajstić information content (AvgIpc) is 2.40. The first kappa shape index (κ1) is 13.3. The van der Waals surface area contributed by atoms with E-state index in [1.807, 2.05) is 19.1 Å². The van der Waals surface area contributed by atoms with Gasteiger partial charge in [0.05, 0.1) is 12.2 Å². The number of piperidine rings is 1. The summed E-state index contributed by atoms with van der Waals surface area (Å²) in [4.78, 5) is 6.70. The van der Waals surface area contributed by atoms with E-state index in [1.54, 1.807) is 13.1 Å². The Bertz CT molecular complexity index is 357. The fourth-order valence-corrected chi connectivity index (χ4v) is 2.32. The van der Waals surface area contributed by atoms with Crippen molar-refractivity contribution in [2.24, 2.45) is 0 Å². The van der Waals surface area contributed by atoms with Gasteiger partial charge in [0.25, 0.3) is 0 Å². The van der Waals surface area contributed by atoms with Gasteiger partial charge in [-0.3, -0.25) is 0 Å². The Kier molecular flexibility index (Phi) is 4.55. The molecule has 1 aliphatic heterocycles. The van der Waals surface area contributed by atoms with Crippen LogP contribution < -0.4 is 4.90 Å². The molecule has 1 aromatic rings. The van der Waals surface area contributed by atoms with Gasteiger partial charge < -0.3 is 14.7 Å². The third-order valence-corrected chi connectivity index (χ3v) is 3.42. The van der Waals surface area contributed by atoms with Crippen molar-refractivity contribution in [2.75, 3.05) is 24.6 Å². The molecular formula is C14H22N2O2. The second kappa shape index (κ2) is 6.16. The zero-order valence-corrected chi connectivity index (χ0v) is 11.2. The first-order valence-electron chi connectivity index (χ1n) is 6.71. The van der Waals surface area contributed by atoms with Crippen LogP contribution in [-0.2, 0) is 4.74 Å². The molecule has 1 atom stereocenters. The van der Waals surface area contributed by atoms with Gasteiger partial charge in [0.15, 0.2) is 0 Å². The quantitative estimate of drug-likeness (QED) is 0.889. The van der Waals surface area contributed by atoms with Crippen molar-refractivity contribution in [1.29, 1.82) is 0 Å². The lowest BCUT2D eigenvalue weighted by atomic mass is 10.1. The van der Waals surface area contributed by atoms with E-state index in [4.69, 9.17) is 4.74 Å². The molecule has 0 radical (unpaired) electrons. The Morgan fingerprint density at radius 1 is 1.44 bits per heavy atom. The predicted molar refractivity (Wildman–Crippen MR) is 71.7 cm³/mol. The SMILES string of the molecule is CCOC1CCN(c2ccc([C@@H](C)O)cn2)CC1. The fraction of sp³-hybridized carbons (Fsp3) is 0.643. The monoisotopic (exact) mass is 250 g/mol. The third kappa shape index (κ3) is 3.21. The Balaban J connectivity index is 1.93. The molecule has 18 heavy (non-hydrogen) atoms. The van der Waals surface area contributed by atoms with Crippen molar-refractivity contribution in [3.8, 4) is 0 Å². The molecule has 2 heterocycles. The van der Waals surface area contributed by atoms with Gasteiger partial charge in [-0.25, -0.2) is 4.98 Å². The molecule has 1 saturated heterocycles. The molecular weight excluding hydrogens is 228 g/mol. The number of ether oxygens (including phenoxy) is 1. The topological polar surface area (TPSA) is 45.6 Å². The molecule has 0 saturated carbocycles. The van der Waals surface area contributed by atoms with E-state index in [9.17, 15) is 5.11 Å². The number of aliphatic hydroxyl groups excluding tert-OH is 1. The number of hydrogen-bond donors (Lipinski definition) is 1. The Morgan fingerprint density at radius 2 is 2.17 bits per heavy atom. The van der Waals surface area contributed by atoms with E-state index < -0.39 is 6.10 Å². The van der Waals surface area contributed by atoms with Crippen molar-refractivity contribution in [2.45, 2.75) is 38.9 Å². The Labute approximate surface area is 109 Å². The molecule has 1 aromatic heterocycles. The first-order valence-corrected chi connectivity index (χ1v) is 6.71. The summed E-state index contributed by atoms with van der Waals surface area (Å²) in [6, 6.07) is 3.94. The van der Waals surface area contributed by atoms with Gasteiger partial charge in [-0.2, -0.15) is 0 Å². The molecule has 4 heteroatoms. The van der Waals surface area contributed by atoms with E-state index in [-0.39, 0.29) is 0 Å². The standard InChI is InChI=1S/C14H22N2O2/c1-3-18-13-6-8-16(9-7-13)14-5-4-12(10-15-14)11(2)17/h4-5,10-11,13,17H,3,6-9H2,1-2H3/t11-/m1/s1. The minimum atomic E-state index is -0.449. The summed E-state index contributed by atoms with van der Waals surface area (Å²) in [5, 5.41) is 9.45. The number of pyridine rings is 1. The van der Waals surface area contributed by atoms with Gasteiger partial charge >= 0.3 is 0 Å². The molecule has 0 unspecified atom stereocenters. The maximum atomic E-state index is 9.45. The largest absolute Gasteiger partial charge is 0.389 e. The third-order valence-electron chi connectivity index (χ3n) is 3.42. The molecule has 0 spiro atoms. The molecule has 2 rings (SSSR count). The van der Waals surface area contributed by atoms with Crippen LogP contribution in [0.15, 0.2) is 18.3 Å². The van der Waals surface area contributed by atoms with Crippen molar-refractivity contribution in [3.05, 3.63) is 23.9 Å². The van der Waals surface area contributed by atoms with Crippen LogP contribution in [-0.4, -0.2) is 35.9 Å². The first-order chi connectivity index (χ1) is 8.70. The maximum absolute atomic E-state index is 9.45. The zero-order chi connectivity index (χ0) is 13.0. The molecule has 1 fully saturated rings. The number of rotatable bonds is 4. The van der Waals surface area contributed by atoms with Crippen LogP contribution in [0, 0.1) is 0 Å². The van der Waals surface area contributed by atoms with Crippen LogP contribution in [0.4, 0.5) is 5.82 Å². The van der Waals surface area contributed by atoms with Gasteiger partial charge in [0.2, 0.25) is 0 Å². The maximum Gasteiger partial charge on any atom is 0.128 e. The summed E-state index contributed by atoms with van der Waals surface area (Å²) >= 11 is 0. The normalized spacial score (nSPS) is 18.9. The van der Waals surface area contributed by atoms with E-state index in [0.29, 0.717) is 6.10 Å². The van der Waals surface area contributed by atoms with Gasteiger partial charge in [0, 0.05) is 25.9 Å². The second-order valence-corrected chi connectivity index (χ2v) is 4.77. The predicted octanol–water partition coefficient (Wildman–Crippen LogP) is 2.14. The van der Waals surface area contributed by atoms with Crippen molar-refractivity contribution in [1.82, 2.24) is 4.98 Å². The highest BCUT2D eigenvalue weighted by Gasteiger charge is 2.20. The smallest absolute Gasteiger partial charge is 0.128 e. The Morgan fingerprint density at radius 3 is 2.67 bits per heavy atom. The molecule has 1 N–H and O–H groups in total. The Hall–Kier alpha value is -1.13. The van der Waals surface area contributed by atoms with Gasteiger partial charge in [-0.1, -0.05) is 6.07 Å². The van der Waals surface area contributed by atoms with Gasteiger partial charge in [0.1, 0.15) is 5.82 Å². The lowest BCUT2D eigenvalue weighted by Crippen LogP contribution is -2.37. The average molecular weight is 250 g/mol. The zero-order valence-electron chi connectivity index (χ0n) is 11.2. The lowest BCUT2D eigenvalue weighted by Gasteiger charge is -2.32. The van der Waals surface area contributed by atoms with Crippen molar-refractivity contribution in [3.63, 3.8) is 0 Å². The second-order valence-electron chi connectivity index (χ2n) is 4.77. The van der Waals surface area contributed by atoms with E-state index in [2.05, 4.69) is 9.88 Å². The lowest BCUT2D eigenvalue weighted by molar-refractivity contribution is 0.0458. The van der Waals surface area contributed by atoms with E-state index >= 15 is 0 Å². The van der Waals surface area contributed by atoms with Crippen molar-refractivity contribution >= 4 is 5.82 Å². The molecule has 0 aromatic carbocycles. The number of aromatic nitrogens is 1. The summed E-state index contributed by atoms with van der Waals surface area (Å²) in [6.07, 6.45) is 3.84. The minimum absolute atomic E-state index is 0.406. The highest BCUT2D eigenvalue weighted by Crippen LogP contribution is 2.21. The number of nitrogens with zero attached hydrogens (tertiary/aromatic N) is 2. The fourth-order valence-electron chi connectivity index (χ4n) is 2.32. The van der Waals surface area contributed by atoms with Crippen molar-refractivity contribution < 1.29 is 9.84 Å². The molecule has 1 aliphatic rings. The molecule has 4 nitrogen and oxygen atoms in total. The molecule has 0 aliphatic carbocycles. The van der Waals surface area contributed by atoms with Gasteiger partial charge in [-0.05, 0) is 38.3 Å². The molecule has 0 bridgehead atoms. The number of hydrogen-bond acceptors (Lipinski definition) is 4. The highest BCUT2D eigenvalue weighted by molar-refractivity contribution is 5.40. The molecule has 100 valence electrons.